The second-order valence-corrected chi connectivity index (χ2v) is 27.3. The predicted molar refractivity (Wildman–Crippen MR) is 432 cm³/mol. The molecular weight excluding hydrogens is 1280 g/mol. The van der Waals surface area contributed by atoms with Gasteiger partial charge in [-0.2, -0.15) is 0 Å². The van der Waals surface area contributed by atoms with Gasteiger partial charge in [-0.1, -0.05) is 309 Å². The number of hydrogen-bond acceptors (Lipinski definition) is 6. The van der Waals surface area contributed by atoms with Gasteiger partial charge >= 0.3 is 0 Å². The van der Waals surface area contributed by atoms with Gasteiger partial charge in [0.25, 0.3) is 0 Å². The van der Waals surface area contributed by atoms with E-state index in [1.165, 1.54) is 58.4 Å². The predicted octanol–water partition coefficient (Wildman–Crippen LogP) is 25.9. The molecule has 0 bridgehead atoms. The lowest BCUT2D eigenvalue weighted by Gasteiger charge is -2.13. The fourth-order valence-corrected chi connectivity index (χ4v) is 17.4. The molecule has 0 aliphatic rings. The van der Waals surface area contributed by atoms with Crippen LogP contribution >= 0.6 is 22.7 Å². The molecule has 0 aliphatic carbocycles. The van der Waals surface area contributed by atoms with Crippen LogP contribution in [0, 0.1) is 0 Å². The number of para-hydroxylation sites is 2. The van der Waals surface area contributed by atoms with E-state index < -0.39 is 48.3 Å². The van der Waals surface area contributed by atoms with Crippen LogP contribution in [0.3, 0.4) is 0 Å². The normalized spacial score (nSPS) is 13.1. The largest absolute Gasteiger partial charge is 0.276 e. The Bertz CT molecular complexity index is 7450. The van der Waals surface area contributed by atoms with E-state index in [4.69, 9.17) is 33.6 Å². The molecule has 102 heavy (non-hydrogen) atoms. The summed E-state index contributed by atoms with van der Waals surface area (Å²) >= 11 is 3.52. The minimum atomic E-state index is -0.516. The summed E-state index contributed by atoms with van der Waals surface area (Å²) in [4.78, 5) is 21.1. The van der Waals surface area contributed by atoms with Gasteiger partial charge in [0.1, 0.15) is 0 Å². The molecule has 0 atom stereocenters. The summed E-state index contributed by atoms with van der Waals surface area (Å²) < 4.78 is 93.5. The average molecular weight is 1350 g/mol. The third kappa shape index (κ3) is 9.90. The minimum Gasteiger partial charge on any atom is -0.276 e. The van der Waals surface area contributed by atoms with Crippen LogP contribution in [0.2, 0.25) is 0 Å². The zero-order valence-corrected chi connectivity index (χ0v) is 55.8. The third-order valence-corrected chi connectivity index (χ3v) is 21.8. The van der Waals surface area contributed by atoms with E-state index in [0.29, 0.717) is 22.8 Å². The SMILES string of the molecule is [2H]c1c([2H])c([2H])c(-c2ccc(-c3cc(-c4c([2H])c([2H])c([2H])c([2H])c4[2H])nc(-n4c5ccccc5c5c6ccccc6c6c7ccccc7sc6c54)n3)cc2)c([2H])c1[2H].c1ccc(-c2ccc(-c3cc(-c4cccc(-c5ccccc5)c4)nc(-n4c5ccccc5c5c6ccccc6c6c7ccccc7sc6c54)n3)cc2)cc1. The maximum Gasteiger partial charge on any atom is 0.235 e. The van der Waals surface area contributed by atoms with E-state index in [1.807, 2.05) is 58.4 Å². The van der Waals surface area contributed by atoms with Gasteiger partial charge in [-0.25, -0.2) is 19.9 Å². The van der Waals surface area contributed by atoms with Gasteiger partial charge in [-0.15, -0.1) is 22.7 Å². The van der Waals surface area contributed by atoms with Crippen molar-refractivity contribution < 1.29 is 13.7 Å². The van der Waals surface area contributed by atoms with E-state index in [2.05, 4.69) is 223 Å². The molecular formula is C94H58N6S2. The molecule has 21 aromatic rings. The number of fused-ring (bicyclic) bond motifs is 20. The molecule has 6 aromatic heterocycles. The van der Waals surface area contributed by atoms with Crippen LogP contribution in [0.15, 0.2) is 352 Å². The van der Waals surface area contributed by atoms with E-state index in [0.717, 1.165) is 91.9 Å². The van der Waals surface area contributed by atoms with E-state index in [1.54, 1.807) is 41.7 Å². The maximum atomic E-state index is 8.91. The van der Waals surface area contributed by atoms with Crippen molar-refractivity contribution in [1.29, 1.82) is 0 Å². The number of thiophene rings is 2. The highest BCUT2D eigenvalue weighted by Gasteiger charge is 2.26. The van der Waals surface area contributed by atoms with E-state index in [-0.39, 0.29) is 34.9 Å². The first-order valence-electron chi connectivity index (χ1n) is 38.6. The van der Waals surface area contributed by atoms with Gasteiger partial charge in [0.15, 0.2) is 0 Å². The Labute approximate surface area is 609 Å². The number of hydrogen-bond donors (Lipinski definition) is 0. The van der Waals surface area contributed by atoms with Crippen molar-refractivity contribution in [1.82, 2.24) is 29.1 Å². The van der Waals surface area contributed by atoms with Crippen LogP contribution in [0.4, 0.5) is 0 Å². The standard InChI is InChI=1S/C50H31N3S.C44H27N3S/c1-3-14-32(15-4-1)34-26-28-35(29-27-34)42-31-43(37-19-13-18-36(30-37)33-16-5-2-6-17-33)52-50(51-42)53-44-24-11-9-22-40(44)46-38-20-7-8-21-39(38)47-41-23-10-12-25-45(41)54-49(47)48(46)53;1-3-13-28(14-4-1)29-23-25-31(26-24-29)37-27-36(30-15-5-2-6-16-30)45-44(46-37)47-38-21-11-9-19-34(38)40-32-17-7-8-18-33(32)41-35-20-10-12-22-39(35)48-43(41)42(40)47/h1-31H;1-27H/i;1D,2D,3D,4D,5D,6D,13D,14D,15D,16D. The Hall–Kier alpha value is -13.0. The van der Waals surface area contributed by atoms with Crippen molar-refractivity contribution in [2.45, 2.75) is 0 Å². The number of benzene rings is 15. The van der Waals surface area contributed by atoms with Gasteiger partial charge in [-0.05, 0) is 97.4 Å². The topological polar surface area (TPSA) is 61.4 Å². The van der Waals surface area contributed by atoms with Crippen molar-refractivity contribution in [2.24, 2.45) is 0 Å². The molecule has 0 saturated carbocycles. The first-order valence-corrected chi connectivity index (χ1v) is 35.2. The average Bonchev–Trinajstić information content (AvgIpc) is 1.54. The number of nitrogens with zero attached hydrogens (tertiary/aromatic N) is 6. The highest BCUT2D eigenvalue weighted by molar-refractivity contribution is 7.27. The molecule has 15 aromatic carbocycles. The summed E-state index contributed by atoms with van der Waals surface area (Å²) in [5, 5.41) is 13.8. The Morgan fingerprint density at radius 3 is 1.03 bits per heavy atom. The molecule has 0 unspecified atom stereocenters. The molecule has 8 heteroatoms. The number of aromatic nitrogens is 6. The summed E-state index contributed by atoms with van der Waals surface area (Å²) in [6.07, 6.45) is 0. The highest BCUT2D eigenvalue weighted by Crippen LogP contribution is 2.50. The molecule has 21 rings (SSSR count). The summed E-state index contributed by atoms with van der Waals surface area (Å²) in [5.41, 5.74) is 13.9. The summed E-state index contributed by atoms with van der Waals surface area (Å²) in [6, 6.07) is 95.7. The van der Waals surface area contributed by atoms with Crippen molar-refractivity contribution in [3.63, 3.8) is 0 Å². The molecule has 0 amide bonds. The van der Waals surface area contributed by atoms with E-state index >= 15 is 0 Å². The lowest BCUT2D eigenvalue weighted by molar-refractivity contribution is 0.998. The molecule has 0 N–H and O–H groups in total. The molecule has 0 aliphatic heterocycles. The first kappa shape index (κ1) is 49.5. The molecule has 6 heterocycles. The Balaban J connectivity index is 0.000000146. The second-order valence-electron chi connectivity index (χ2n) is 25.2. The van der Waals surface area contributed by atoms with E-state index in [9.17, 15) is 0 Å². The van der Waals surface area contributed by atoms with Crippen molar-refractivity contribution in [3.05, 3.63) is 352 Å². The third-order valence-electron chi connectivity index (χ3n) is 19.4. The quantitative estimate of drug-likeness (QED) is 0.144. The Kier molecular flexibility index (Phi) is 11.9. The monoisotopic (exact) mass is 1340 g/mol. The van der Waals surface area contributed by atoms with Crippen LogP contribution in [-0.4, -0.2) is 29.1 Å². The molecule has 0 fully saturated rings. The molecule has 0 radical (unpaired) electrons. The van der Waals surface area contributed by atoms with Crippen molar-refractivity contribution in [3.8, 4) is 90.3 Å². The van der Waals surface area contributed by atoms with Gasteiger partial charge in [0.2, 0.25) is 11.9 Å². The minimum absolute atomic E-state index is 0.0607. The highest BCUT2D eigenvalue weighted by atomic mass is 32.1. The zero-order valence-electron chi connectivity index (χ0n) is 64.2. The van der Waals surface area contributed by atoms with Gasteiger partial charge in [0.05, 0.1) is 67.9 Å². The van der Waals surface area contributed by atoms with Crippen molar-refractivity contribution >= 4 is 128 Å². The first-order chi connectivity index (χ1) is 54.7. The molecule has 6 nitrogen and oxygen atoms in total. The lowest BCUT2D eigenvalue weighted by Crippen LogP contribution is -2.04. The van der Waals surface area contributed by atoms with Crippen LogP contribution in [-0.2, 0) is 0 Å². The summed E-state index contributed by atoms with van der Waals surface area (Å²) in [6.45, 7) is 0. The van der Waals surface area contributed by atoms with Crippen molar-refractivity contribution in [2.75, 3.05) is 0 Å². The number of rotatable bonds is 9. The van der Waals surface area contributed by atoms with Gasteiger partial charge in [-0.3, -0.25) is 9.13 Å². The van der Waals surface area contributed by atoms with Crippen LogP contribution in [0.1, 0.15) is 13.7 Å². The molecule has 0 spiro atoms. The zero-order chi connectivity index (χ0) is 75.9. The lowest BCUT2D eigenvalue weighted by atomic mass is 9.99. The van der Waals surface area contributed by atoms with Crippen LogP contribution in [0.5, 0.6) is 0 Å². The summed E-state index contributed by atoms with van der Waals surface area (Å²) in [7, 11) is 0. The Morgan fingerprint density at radius 2 is 0.559 bits per heavy atom. The van der Waals surface area contributed by atoms with Crippen LogP contribution in [0.25, 0.3) is 196 Å². The molecule has 476 valence electrons. The molecule has 0 saturated heterocycles. The van der Waals surface area contributed by atoms with Crippen LogP contribution < -0.4 is 0 Å². The summed E-state index contributed by atoms with van der Waals surface area (Å²) in [5.74, 6) is 0.870. The van der Waals surface area contributed by atoms with Gasteiger partial charge in [0, 0.05) is 74.7 Å². The fourth-order valence-electron chi connectivity index (χ4n) is 14.8. The smallest absolute Gasteiger partial charge is 0.235 e. The maximum absolute atomic E-state index is 8.91. The Morgan fingerprint density at radius 1 is 0.235 bits per heavy atom. The van der Waals surface area contributed by atoms with Gasteiger partial charge < -0.3 is 0 Å². The fraction of sp³-hybridized carbons (Fsp3) is 0. The second kappa shape index (κ2) is 24.5.